The van der Waals surface area contributed by atoms with E-state index in [1.165, 1.54) is 7.11 Å². The van der Waals surface area contributed by atoms with Gasteiger partial charge in [-0.25, -0.2) is 0 Å². The van der Waals surface area contributed by atoms with Crippen molar-refractivity contribution in [2.75, 3.05) is 13.7 Å². The van der Waals surface area contributed by atoms with E-state index in [1.807, 2.05) is 68.4 Å². The minimum absolute atomic E-state index is 0.0564. The van der Waals surface area contributed by atoms with E-state index < -0.39 is 0 Å². The number of carbonyl (C=O) groups is 1. The number of methoxy groups -OCH3 is 1. The molecule has 0 bridgehead atoms. The van der Waals surface area contributed by atoms with Gasteiger partial charge in [-0.3, -0.25) is 9.78 Å². The molecule has 0 aliphatic heterocycles. The number of hydrogen-bond donors (Lipinski definition) is 0. The lowest BCUT2D eigenvalue weighted by Crippen LogP contribution is -2.16. The third-order valence-corrected chi connectivity index (χ3v) is 5.38. The van der Waals surface area contributed by atoms with Crippen LogP contribution in [-0.4, -0.2) is 30.8 Å². The molecule has 0 aliphatic carbocycles. The van der Waals surface area contributed by atoms with Crippen molar-refractivity contribution < 1.29 is 19.0 Å². The molecule has 1 aromatic heterocycles. The van der Waals surface area contributed by atoms with E-state index in [2.05, 4.69) is 4.98 Å². The molecule has 0 spiro atoms. The molecule has 0 amide bonds. The maximum absolute atomic E-state index is 11.3. The predicted molar refractivity (Wildman–Crippen MR) is 126 cm³/mol. The number of pyridine rings is 1. The topological polar surface area (TPSA) is 57.7 Å². The Hall–Kier alpha value is -3.05. The summed E-state index contributed by atoms with van der Waals surface area (Å²) in [6, 6.07) is 17.2. The molecule has 32 heavy (non-hydrogen) atoms. The minimum atomic E-state index is -0.203. The van der Waals surface area contributed by atoms with Gasteiger partial charge < -0.3 is 14.2 Å². The Bertz CT molecular complexity index is 1040. The number of nitrogens with zero attached hydrogens (tertiary/aromatic N) is 1. The van der Waals surface area contributed by atoms with E-state index in [-0.39, 0.29) is 12.1 Å². The van der Waals surface area contributed by atoms with Gasteiger partial charge in [-0.2, -0.15) is 0 Å². The Balaban J connectivity index is 1.54. The molecule has 5 nitrogen and oxygen atoms in total. The normalized spacial score (nSPS) is 11.6. The molecule has 168 valence electrons. The summed E-state index contributed by atoms with van der Waals surface area (Å²) in [6.07, 6.45) is 3.44. The highest BCUT2D eigenvalue weighted by molar-refractivity contribution is 6.30. The van der Waals surface area contributed by atoms with E-state index in [9.17, 15) is 4.79 Å². The van der Waals surface area contributed by atoms with Gasteiger partial charge in [0.1, 0.15) is 11.5 Å². The largest absolute Gasteiger partial charge is 0.493 e. The molecule has 6 heteroatoms. The maximum Gasteiger partial charge on any atom is 0.305 e. The lowest BCUT2D eigenvalue weighted by Gasteiger charge is -2.18. The van der Waals surface area contributed by atoms with E-state index in [4.69, 9.17) is 25.8 Å². The van der Waals surface area contributed by atoms with Crippen molar-refractivity contribution in [2.24, 2.45) is 0 Å². The molecule has 3 aromatic rings. The van der Waals surface area contributed by atoms with Gasteiger partial charge in [0.15, 0.2) is 0 Å². The van der Waals surface area contributed by atoms with Gasteiger partial charge in [-0.15, -0.1) is 0 Å². The average molecular weight is 454 g/mol. The average Bonchev–Trinajstić information content (AvgIpc) is 2.80. The van der Waals surface area contributed by atoms with Crippen molar-refractivity contribution in [1.29, 1.82) is 0 Å². The van der Waals surface area contributed by atoms with Gasteiger partial charge in [0.25, 0.3) is 0 Å². The number of carbonyl (C=O) groups excluding carboxylic acids is 1. The molecule has 2 aromatic carbocycles. The van der Waals surface area contributed by atoms with Gasteiger partial charge in [-0.05, 0) is 73.9 Å². The van der Waals surface area contributed by atoms with Crippen LogP contribution in [0, 0.1) is 6.92 Å². The Morgan fingerprint density at radius 2 is 1.97 bits per heavy atom. The SMILES string of the molecule is COC(=O)CCc1ccc(OCCC(C)Oc2ccc(Cl)cc2-c2ccccn2)cc1C. The fourth-order valence-electron chi connectivity index (χ4n) is 3.32. The van der Waals surface area contributed by atoms with Crippen LogP contribution in [0.3, 0.4) is 0 Å². The molecule has 0 saturated heterocycles. The number of rotatable bonds is 10. The summed E-state index contributed by atoms with van der Waals surface area (Å²) in [5.41, 5.74) is 3.89. The molecule has 1 unspecified atom stereocenters. The summed E-state index contributed by atoms with van der Waals surface area (Å²) in [4.78, 5) is 15.8. The van der Waals surface area contributed by atoms with Crippen molar-refractivity contribution >= 4 is 17.6 Å². The number of hydrogen-bond acceptors (Lipinski definition) is 5. The molecule has 3 rings (SSSR count). The second-order valence-electron chi connectivity index (χ2n) is 7.59. The summed E-state index contributed by atoms with van der Waals surface area (Å²) in [7, 11) is 1.41. The zero-order valence-electron chi connectivity index (χ0n) is 18.6. The molecule has 1 atom stereocenters. The zero-order valence-corrected chi connectivity index (χ0v) is 19.4. The van der Waals surface area contributed by atoms with Gasteiger partial charge in [0.2, 0.25) is 0 Å². The van der Waals surface area contributed by atoms with Crippen molar-refractivity contribution in [3.8, 4) is 22.8 Å². The van der Waals surface area contributed by atoms with Crippen LogP contribution in [0.1, 0.15) is 30.9 Å². The number of aryl methyl sites for hydroxylation is 2. The first-order valence-electron chi connectivity index (χ1n) is 10.6. The van der Waals surface area contributed by atoms with Crippen LogP contribution < -0.4 is 9.47 Å². The Labute approximate surface area is 194 Å². The number of halogens is 1. The van der Waals surface area contributed by atoms with Gasteiger partial charge in [0.05, 0.1) is 25.5 Å². The molecule has 0 radical (unpaired) electrons. The summed E-state index contributed by atoms with van der Waals surface area (Å²) in [6.45, 7) is 4.56. The maximum atomic E-state index is 11.3. The molecule has 0 N–H and O–H groups in total. The fraction of sp³-hybridized carbons (Fsp3) is 0.308. The smallest absolute Gasteiger partial charge is 0.305 e. The first-order chi connectivity index (χ1) is 15.5. The van der Waals surface area contributed by atoms with Crippen molar-refractivity contribution in [3.05, 3.63) is 76.9 Å². The predicted octanol–water partition coefficient (Wildman–Crippen LogP) is 6.05. The van der Waals surface area contributed by atoms with Gasteiger partial charge in [-0.1, -0.05) is 23.7 Å². The zero-order chi connectivity index (χ0) is 22.9. The second-order valence-corrected chi connectivity index (χ2v) is 8.02. The molecule has 0 saturated carbocycles. The van der Waals surface area contributed by atoms with Gasteiger partial charge in [0, 0.05) is 29.6 Å². The number of esters is 1. The third-order valence-electron chi connectivity index (χ3n) is 5.14. The number of aromatic nitrogens is 1. The number of benzene rings is 2. The lowest BCUT2D eigenvalue weighted by molar-refractivity contribution is -0.140. The standard InChI is InChI=1S/C26H28ClNO4/c1-18-16-22(10-7-20(18)8-12-26(29)30-3)31-15-13-19(2)32-25-11-9-21(27)17-23(25)24-6-4-5-14-28-24/h4-7,9-11,14,16-17,19H,8,12-13,15H2,1-3H3. The van der Waals surface area contributed by atoms with E-state index >= 15 is 0 Å². The Kier molecular flexibility index (Phi) is 8.51. The quantitative estimate of drug-likeness (QED) is 0.349. The van der Waals surface area contributed by atoms with Crippen LogP contribution in [0.2, 0.25) is 5.02 Å². The first kappa shape index (κ1) is 23.6. The van der Waals surface area contributed by atoms with Crippen LogP contribution in [0.15, 0.2) is 60.8 Å². The highest BCUT2D eigenvalue weighted by Gasteiger charge is 2.12. The molecular formula is C26H28ClNO4. The monoisotopic (exact) mass is 453 g/mol. The van der Waals surface area contributed by atoms with E-state index in [1.54, 1.807) is 6.20 Å². The van der Waals surface area contributed by atoms with Crippen LogP contribution in [0.4, 0.5) is 0 Å². The third kappa shape index (κ3) is 6.72. The molecule has 1 heterocycles. The van der Waals surface area contributed by atoms with Crippen molar-refractivity contribution in [2.45, 2.75) is 39.2 Å². The molecule has 0 fully saturated rings. The van der Waals surface area contributed by atoms with Gasteiger partial charge >= 0.3 is 5.97 Å². The Morgan fingerprint density at radius 3 is 2.69 bits per heavy atom. The van der Waals surface area contributed by atoms with Crippen molar-refractivity contribution in [1.82, 2.24) is 4.98 Å². The molecule has 0 aliphatic rings. The van der Waals surface area contributed by atoms with Crippen molar-refractivity contribution in [3.63, 3.8) is 0 Å². The van der Waals surface area contributed by atoms with Crippen LogP contribution in [-0.2, 0) is 16.0 Å². The molecular weight excluding hydrogens is 426 g/mol. The summed E-state index contributed by atoms with van der Waals surface area (Å²) in [5.74, 6) is 1.34. The first-order valence-corrected chi connectivity index (χ1v) is 11.0. The highest BCUT2D eigenvalue weighted by atomic mass is 35.5. The Morgan fingerprint density at radius 1 is 1.12 bits per heavy atom. The van der Waals surface area contributed by atoms with Crippen LogP contribution in [0.5, 0.6) is 11.5 Å². The lowest BCUT2D eigenvalue weighted by atomic mass is 10.0. The minimum Gasteiger partial charge on any atom is -0.493 e. The fourth-order valence-corrected chi connectivity index (χ4v) is 3.50. The number of ether oxygens (including phenoxy) is 3. The summed E-state index contributed by atoms with van der Waals surface area (Å²) < 4.78 is 16.8. The summed E-state index contributed by atoms with van der Waals surface area (Å²) in [5, 5.41) is 0.638. The van der Waals surface area contributed by atoms with Crippen LogP contribution >= 0.6 is 11.6 Å². The van der Waals surface area contributed by atoms with E-state index in [0.717, 1.165) is 33.9 Å². The highest BCUT2D eigenvalue weighted by Crippen LogP contribution is 2.32. The van der Waals surface area contributed by atoms with Crippen LogP contribution in [0.25, 0.3) is 11.3 Å². The second kappa shape index (κ2) is 11.5. The summed E-state index contributed by atoms with van der Waals surface area (Å²) >= 11 is 6.19. The van der Waals surface area contributed by atoms with E-state index in [0.29, 0.717) is 30.9 Å².